The molecule has 7 heteroatoms. The number of methoxy groups -OCH3 is 1. The fourth-order valence-corrected chi connectivity index (χ4v) is 3.78. The minimum absolute atomic E-state index is 0.183. The highest BCUT2D eigenvalue weighted by atomic mass is 19.1. The van der Waals surface area contributed by atoms with Crippen LogP contribution in [0.5, 0.6) is 0 Å². The zero-order chi connectivity index (χ0) is 19.1. The van der Waals surface area contributed by atoms with Crippen molar-refractivity contribution < 1.29 is 13.9 Å². The van der Waals surface area contributed by atoms with Crippen molar-refractivity contribution in [2.45, 2.75) is 37.3 Å². The van der Waals surface area contributed by atoms with Gasteiger partial charge in [-0.05, 0) is 31.0 Å². The molecule has 0 aromatic heterocycles. The van der Waals surface area contributed by atoms with E-state index in [0.29, 0.717) is 12.6 Å². The highest BCUT2D eigenvalue weighted by Gasteiger charge is 2.32. The van der Waals surface area contributed by atoms with E-state index in [1.807, 2.05) is 6.07 Å². The quantitative estimate of drug-likeness (QED) is 0.607. The lowest BCUT2D eigenvalue weighted by molar-refractivity contribution is -0.0855. The van der Waals surface area contributed by atoms with Crippen LogP contribution in [0.3, 0.4) is 0 Å². The summed E-state index contributed by atoms with van der Waals surface area (Å²) in [6.45, 7) is 3.99. The number of anilines is 1. The number of nitrogens with one attached hydrogen (secondary N) is 2. The van der Waals surface area contributed by atoms with Crippen LogP contribution in [-0.2, 0) is 9.47 Å². The molecule has 0 amide bonds. The number of hydrogen-bond donors (Lipinski definition) is 2. The molecule has 0 bridgehead atoms. The number of rotatable bonds is 5. The monoisotopic (exact) mass is 378 g/mol. The van der Waals surface area contributed by atoms with Crippen molar-refractivity contribution in [3.63, 3.8) is 0 Å². The lowest BCUT2D eigenvalue weighted by atomic mass is 9.94. The second-order valence-electron chi connectivity index (χ2n) is 7.31. The molecule has 2 fully saturated rings. The van der Waals surface area contributed by atoms with Gasteiger partial charge in [0.05, 0.1) is 5.60 Å². The van der Waals surface area contributed by atoms with Crippen LogP contribution in [0.2, 0.25) is 0 Å². The van der Waals surface area contributed by atoms with Crippen molar-refractivity contribution in [3.8, 4) is 0 Å². The average Bonchev–Trinajstić information content (AvgIpc) is 2.72. The largest absolute Gasteiger partial charge is 0.381 e. The van der Waals surface area contributed by atoms with Gasteiger partial charge in [0, 0.05) is 71.6 Å². The Morgan fingerprint density at radius 3 is 2.70 bits per heavy atom. The maximum Gasteiger partial charge on any atom is 0.191 e. The Labute approximate surface area is 161 Å². The third-order valence-electron chi connectivity index (χ3n) is 5.65. The van der Waals surface area contributed by atoms with Crippen molar-refractivity contribution in [1.29, 1.82) is 0 Å². The molecule has 0 unspecified atom stereocenters. The summed E-state index contributed by atoms with van der Waals surface area (Å²) < 4.78 is 24.7. The van der Waals surface area contributed by atoms with Crippen molar-refractivity contribution in [2.24, 2.45) is 4.99 Å². The molecule has 2 saturated heterocycles. The minimum Gasteiger partial charge on any atom is -0.381 e. The van der Waals surface area contributed by atoms with Gasteiger partial charge >= 0.3 is 0 Å². The van der Waals surface area contributed by atoms with Gasteiger partial charge in [0.15, 0.2) is 5.96 Å². The number of benzene rings is 1. The summed E-state index contributed by atoms with van der Waals surface area (Å²) in [6, 6.07) is 7.18. The van der Waals surface area contributed by atoms with Crippen LogP contribution < -0.4 is 15.5 Å². The summed E-state index contributed by atoms with van der Waals surface area (Å²) in [5, 5.41) is 6.94. The van der Waals surface area contributed by atoms with E-state index in [-0.39, 0.29) is 11.4 Å². The fourth-order valence-electron chi connectivity index (χ4n) is 3.78. The van der Waals surface area contributed by atoms with E-state index in [2.05, 4.69) is 20.5 Å². The number of piperidine rings is 1. The normalized spacial score (nSPS) is 21.1. The smallest absolute Gasteiger partial charge is 0.191 e. The first-order chi connectivity index (χ1) is 13.1. The Kier molecular flexibility index (Phi) is 6.90. The zero-order valence-corrected chi connectivity index (χ0v) is 16.3. The third-order valence-corrected chi connectivity index (χ3v) is 5.65. The lowest BCUT2D eigenvalue weighted by Gasteiger charge is -2.37. The molecule has 0 spiro atoms. The number of halogens is 1. The summed E-state index contributed by atoms with van der Waals surface area (Å²) in [5.41, 5.74) is 0.772. The fraction of sp³-hybridized carbons (Fsp3) is 0.650. The molecule has 0 atom stereocenters. The Bertz CT molecular complexity index is 626. The highest BCUT2D eigenvalue weighted by Crippen LogP contribution is 2.24. The summed E-state index contributed by atoms with van der Waals surface area (Å²) in [4.78, 5) is 6.60. The molecular formula is C20H31FN4O2. The molecule has 2 aliphatic heterocycles. The van der Waals surface area contributed by atoms with Crippen LogP contribution in [0.1, 0.15) is 25.7 Å². The minimum atomic E-state index is -0.184. The SMILES string of the molecule is CN=C(NCC1(OC)CCOCC1)NC1CCN(c2cccc(F)c2)CC1. The van der Waals surface area contributed by atoms with Gasteiger partial charge in [-0.2, -0.15) is 0 Å². The van der Waals surface area contributed by atoms with Crippen LogP contribution >= 0.6 is 0 Å². The molecule has 150 valence electrons. The van der Waals surface area contributed by atoms with Crippen LogP contribution in [0.15, 0.2) is 29.3 Å². The summed E-state index contributed by atoms with van der Waals surface area (Å²) in [5.74, 6) is 0.625. The van der Waals surface area contributed by atoms with E-state index in [1.54, 1.807) is 26.3 Å². The van der Waals surface area contributed by atoms with Gasteiger partial charge in [-0.25, -0.2) is 4.39 Å². The summed E-state index contributed by atoms with van der Waals surface area (Å²) in [6.07, 6.45) is 3.75. The van der Waals surface area contributed by atoms with Crippen molar-refractivity contribution >= 4 is 11.6 Å². The number of hydrogen-bond acceptors (Lipinski definition) is 4. The predicted octanol–water partition coefficient (Wildman–Crippen LogP) is 2.16. The number of ether oxygens (including phenoxy) is 2. The first-order valence-electron chi connectivity index (χ1n) is 9.75. The van der Waals surface area contributed by atoms with Gasteiger partial charge in [-0.15, -0.1) is 0 Å². The molecule has 1 aromatic rings. The van der Waals surface area contributed by atoms with Crippen molar-refractivity contribution in [1.82, 2.24) is 10.6 Å². The molecule has 2 N–H and O–H groups in total. The van der Waals surface area contributed by atoms with E-state index in [1.165, 1.54) is 6.07 Å². The predicted molar refractivity (Wildman–Crippen MR) is 106 cm³/mol. The number of guanidine groups is 1. The van der Waals surface area contributed by atoms with Gasteiger partial charge in [0.2, 0.25) is 0 Å². The summed E-state index contributed by atoms with van der Waals surface area (Å²) in [7, 11) is 3.56. The van der Waals surface area contributed by atoms with Gasteiger partial charge in [0.25, 0.3) is 0 Å². The molecule has 2 heterocycles. The maximum atomic E-state index is 13.4. The van der Waals surface area contributed by atoms with E-state index in [4.69, 9.17) is 9.47 Å². The third kappa shape index (κ3) is 5.32. The highest BCUT2D eigenvalue weighted by molar-refractivity contribution is 5.80. The second kappa shape index (κ2) is 9.37. The molecule has 27 heavy (non-hydrogen) atoms. The van der Waals surface area contributed by atoms with Crippen LogP contribution in [0.25, 0.3) is 0 Å². The standard InChI is InChI=1S/C20H31FN4O2/c1-22-19(23-15-20(26-2)8-12-27-13-9-20)24-17-6-10-25(11-7-17)18-5-3-4-16(21)14-18/h3-5,14,17H,6-13,15H2,1-2H3,(H2,22,23,24). The molecular weight excluding hydrogens is 347 g/mol. The first kappa shape index (κ1) is 19.9. The molecule has 0 saturated carbocycles. The zero-order valence-electron chi connectivity index (χ0n) is 16.3. The summed E-state index contributed by atoms with van der Waals surface area (Å²) >= 11 is 0. The van der Waals surface area contributed by atoms with Gasteiger partial charge in [-0.3, -0.25) is 4.99 Å². The van der Waals surface area contributed by atoms with E-state index in [0.717, 1.165) is 63.6 Å². The molecule has 3 rings (SSSR count). The van der Waals surface area contributed by atoms with Gasteiger partial charge < -0.3 is 25.0 Å². The van der Waals surface area contributed by atoms with Crippen molar-refractivity contribution in [3.05, 3.63) is 30.1 Å². The molecule has 0 radical (unpaired) electrons. The Morgan fingerprint density at radius 2 is 2.07 bits per heavy atom. The molecule has 6 nitrogen and oxygen atoms in total. The Balaban J connectivity index is 1.47. The lowest BCUT2D eigenvalue weighted by Crippen LogP contribution is -2.53. The second-order valence-corrected chi connectivity index (χ2v) is 7.31. The van der Waals surface area contributed by atoms with E-state index < -0.39 is 0 Å². The van der Waals surface area contributed by atoms with E-state index in [9.17, 15) is 4.39 Å². The van der Waals surface area contributed by atoms with Crippen LogP contribution in [-0.4, -0.2) is 64.6 Å². The number of nitrogens with zero attached hydrogens (tertiary/aromatic N) is 2. The molecule has 0 aliphatic carbocycles. The molecule has 1 aromatic carbocycles. The maximum absolute atomic E-state index is 13.4. The van der Waals surface area contributed by atoms with Gasteiger partial charge in [0.1, 0.15) is 5.82 Å². The molecule has 2 aliphatic rings. The average molecular weight is 378 g/mol. The van der Waals surface area contributed by atoms with Gasteiger partial charge in [-0.1, -0.05) is 6.07 Å². The van der Waals surface area contributed by atoms with Crippen LogP contribution in [0, 0.1) is 5.82 Å². The number of aliphatic imine (C=N–C) groups is 1. The van der Waals surface area contributed by atoms with Crippen LogP contribution in [0.4, 0.5) is 10.1 Å². The Hall–Kier alpha value is -1.86. The topological polar surface area (TPSA) is 58.1 Å². The van der Waals surface area contributed by atoms with E-state index >= 15 is 0 Å². The van der Waals surface area contributed by atoms with Crippen molar-refractivity contribution in [2.75, 3.05) is 51.9 Å². The Morgan fingerprint density at radius 1 is 1.33 bits per heavy atom. The first-order valence-corrected chi connectivity index (χ1v) is 9.75.